The van der Waals surface area contributed by atoms with Crippen LogP contribution in [-0.4, -0.2) is 19.8 Å². The molecular weight excluding hydrogens is 717 g/mol. The Balaban J connectivity index is 1.14. The van der Waals surface area contributed by atoms with Crippen LogP contribution < -0.4 is 4.74 Å². The number of benzene rings is 4. The number of halogens is 11. The lowest BCUT2D eigenvalue weighted by atomic mass is 10.0. The third-order valence-corrected chi connectivity index (χ3v) is 8.30. The highest BCUT2D eigenvalue weighted by atomic mass is 19.3. The van der Waals surface area contributed by atoms with Gasteiger partial charge in [0.1, 0.15) is 34.6 Å². The van der Waals surface area contributed by atoms with Crippen LogP contribution in [0.25, 0.3) is 11.1 Å². The number of ether oxygens (including phenoxy) is 4. The zero-order valence-electron chi connectivity index (χ0n) is 27.4. The monoisotopic (exact) mass is 748 g/mol. The molecule has 4 nitrogen and oxygen atoms in total. The van der Waals surface area contributed by atoms with Gasteiger partial charge in [-0.25, -0.2) is 30.7 Å². The fraction of sp³-hybridized carbons (Fsp3) is 0.351. The average molecular weight is 749 g/mol. The van der Waals surface area contributed by atoms with Crippen molar-refractivity contribution >= 4 is 0 Å². The van der Waals surface area contributed by atoms with E-state index in [1.54, 1.807) is 0 Å². The molecule has 0 N–H and O–H groups in total. The Bertz CT molecular complexity index is 1830. The number of hydrogen-bond donors (Lipinski definition) is 0. The quantitative estimate of drug-likeness (QED) is 0.0731. The van der Waals surface area contributed by atoms with Crippen molar-refractivity contribution in [2.45, 2.75) is 57.5 Å². The van der Waals surface area contributed by atoms with E-state index in [1.165, 1.54) is 18.2 Å². The van der Waals surface area contributed by atoms with Crippen molar-refractivity contribution in [3.05, 3.63) is 124 Å². The van der Waals surface area contributed by atoms with Gasteiger partial charge in [0.05, 0.1) is 25.4 Å². The molecule has 1 saturated heterocycles. The lowest BCUT2D eigenvalue weighted by Crippen LogP contribution is -2.29. The smallest absolute Gasteiger partial charge is 0.429 e. The summed E-state index contributed by atoms with van der Waals surface area (Å²) in [4.78, 5) is 0. The maximum Gasteiger partial charge on any atom is 0.429 e. The molecule has 0 bridgehead atoms. The van der Waals surface area contributed by atoms with Crippen molar-refractivity contribution < 1.29 is 67.2 Å². The summed E-state index contributed by atoms with van der Waals surface area (Å²) in [5.41, 5.74) is -2.92. The standard InChI is InChI=1S/C37H31F11O4/c1-2-3-4-5-20-6-9-26(28(39)12-20)36(45,46)52-24-16-29(40)33(30(41)17-24)37(47,48)51-11-10-21-18-49-35(50-19-21)22-7-8-25(27(38)13-22)23-14-31(42)34(44)32(43)15-23/h6-9,12-17,21,35H,2-5,10-11,18-19H2,1H3. The Labute approximate surface area is 291 Å². The molecule has 1 aliphatic rings. The normalized spacial score (nSPS) is 16.7. The first-order valence-electron chi connectivity index (χ1n) is 16.1. The third-order valence-electron chi connectivity index (χ3n) is 8.30. The molecule has 5 rings (SSSR count). The Hall–Kier alpha value is -4.21. The summed E-state index contributed by atoms with van der Waals surface area (Å²) >= 11 is 0. The van der Waals surface area contributed by atoms with Crippen LogP contribution in [0.5, 0.6) is 5.75 Å². The zero-order chi connectivity index (χ0) is 37.8. The largest absolute Gasteiger partial charge is 0.429 e. The Morgan fingerprint density at radius 3 is 1.94 bits per heavy atom. The van der Waals surface area contributed by atoms with Crippen molar-refractivity contribution in [2.75, 3.05) is 19.8 Å². The highest BCUT2D eigenvalue weighted by Gasteiger charge is 2.42. The first-order chi connectivity index (χ1) is 24.6. The van der Waals surface area contributed by atoms with E-state index in [4.69, 9.17) is 9.47 Å². The fourth-order valence-corrected chi connectivity index (χ4v) is 5.57. The minimum absolute atomic E-state index is 0.0947. The van der Waals surface area contributed by atoms with Crippen molar-refractivity contribution in [2.24, 2.45) is 5.92 Å². The molecule has 52 heavy (non-hydrogen) atoms. The second-order valence-electron chi connectivity index (χ2n) is 12.2. The Kier molecular flexibility index (Phi) is 12.2. The second kappa shape index (κ2) is 16.2. The van der Waals surface area contributed by atoms with Gasteiger partial charge in [0.25, 0.3) is 0 Å². The van der Waals surface area contributed by atoms with E-state index >= 15 is 0 Å². The summed E-state index contributed by atoms with van der Waals surface area (Å²) in [6.45, 7) is 1.01. The molecule has 4 aromatic rings. The maximum absolute atomic E-state index is 14.8. The molecule has 4 aromatic carbocycles. The van der Waals surface area contributed by atoms with Gasteiger partial charge in [0.2, 0.25) is 0 Å². The minimum Gasteiger partial charge on any atom is -0.429 e. The molecule has 0 saturated carbocycles. The van der Waals surface area contributed by atoms with E-state index in [2.05, 4.69) is 9.47 Å². The van der Waals surface area contributed by atoms with Crippen LogP contribution in [0.4, 0.5) is 48.3 Å². The van der Waals surface area contributed by atoms with Crippen molar-refractivity contribution in [1.82, 2.24) is 0 Å². The fourth-order valence-electron chi connectivity index (χ4n) is 5.57. The van der Waals surface area contributed by atoms with Gasteiger partial charge < -0.3 is 18.9 Å². The van der Waals surface area contributed by atoms with Crippen LogP contribution in [0.2, 0.25) is 0 Å². The van der Waals surface area contributed by atoms with E-state index in [9.17, 15) is 48.3 Å². The molecular formula is C37H31F11O4. The van der Waals surface area contributed by atoms with Gasteiger partial charge in [-0.15, -0.1) is 0 Å². The van der Waals surface area contributed by atoms with Gasteiger partial charge in [-0.05, 0) is 60.7 Å². The zero-order valence-corrected chi connectivity index (χ0v) is 27.4. The topological polar surface area (TPSA) is 36.9 Å². The number of hydrogen-bond acceptors (Lipinski definition) is 4. The average Bonchev–Trinajstić information content (AvgIpc) is 3.06. The van der Waals surface area contributed by atoms with Gasteiger partial charge in [-0.3, -0.25) is 0 Å². The highest BCUT2D eigenvalue weighted by molar-refractivity contribution is 5.64. The van der Waals surface area contributed by atoms with Gasteiger partial charge in [0.15, 0.2) is 23.7 Å². The van der Waals surface area contributed by atoms with Crippen LogP contribution in [0.1, 0.15) is 61.2 Å². The molecule has 0 atom stereocenters. The molecule has 1 aliphatic heterocycles. The van der Waals surface area contributed by atoms with Gasteiger partial charge in [-0.2, -0.15) is 17.6 Å². The molecule has 0 aromatic heterocycles. The lowest BCUT2D eigenvalue weighted by Gasteiger charge is -2.30. The summed E-state index contributed by atoms with van der Waals surface area (Å²) in [7, 11) is 0. The van der Waals surface area contributed by atoms with E-state index in [-0.39, 0.29) is 48.5 Å². The molecule has 1 heterocycles. The van der Waals surface area contributed by atoms with Crippen LogP contribution >= 0.6 is 0 Å². The van der Waals surface area contributed by atoms with E-state index in [0.29, 0.717) is 30.5 Å². The van der Waals surface area contributed by atoms with E-state index < -0.39 is 88.6 Å². The maximum atomic E-state index is 14.8. The highest BCUT2D eigenvalue weighted by Crippen LogP contribution is 2.39. The summed E-state index contributed by atoms with van der Waals surface area (Å²) < 4.78 is 178. The van der Waals surface area contributed by atoms with Crippen LogP contribution in [0.3, 0.4) is 0 Å². The van der Waals surface area contributed by atoms with Gasteiger partial charge in [-0.1, -0.05) is 38.0 Å². The first kappa shape index (κ1) is 39.0. The molecule has 1 fully saturated rings. The molecule has 0 spiro atoms. The lowest BCUT2D eigenvalue weighted by molar-refractivity contribution is -0.258. The predicted octanol–water partition coefficient (Wildman–Crippen LogP) is 11.0. The SMILES string of the molecule is CCCCCc1ccc(C(F)(F)Oc2cc(F)c(C(F)(F)OCCC3COC(c4ccc(-c5cc(F)c(F)c(F)c5)c(F)c4)OC3)c(F)c2)c(F)c1. The Morgan fingerprint density at radius 2 is 1.35 bits per heavy atom. The number of alkyl halides is 4. The summed E-state index contributed by atoms with van der Waals surface area (Å²) in [5.74, 6) is -12.6. The third kappa shape index (κ3) is 9.04. The van der Waals surface area contributed by atoms with Gasteiger partial charge >= 0.3 is 12.2 Å². The predicted molar refractivity (Wildman–Crippen MR) is 165 cm³/mol. The number of rotatable bonds is 14. The molecule has 0 radical (unpaired) electrons. The summed E-state index contributed by atoms with van der Waals surface area (Å²) in [5, 5.41) is 0. The van der Waals surface area contributed by atoms with Crippen LogP contribution in [-0.2, 0) is 32.8 Å². The Morgan fingerprint density at radius 1 is 0.692 bits per heavy atom. The molecule has 0 aliphatic carbocycles. The minimum atomic E-state index is -4.55. The van der Waals surface area contributed by atoms with Crippen molar-refractivity contribution in [3.8, 4) is 16.9 Å². The molecule has 0 unspecified atom stereocenters. The van der Waals surface area contributed by atoms with Gasteiger partial charge in [0, 0.05) is 29.2 Å². The second-order valence-corrected chi connectivity index (χ2v) is 12.2. The van der Waals surface area contributed by atoms with E-state index in [1.807, 2.05) is 6.92 Å². The van der Waals surface area contributed by atoms with Crippen LogP contribution in [0, 0.1) is 46.6 Å². The number of unbranched alkanes of at least 4 members (excludes halogenated alkanes) is 2. The van der Waals surface area contributed by atoms with Crippen molar-refractivity contribution in [1.29, 1.82) is 0 Å². The number of aryl methyl sites for hydroxylation is 1. The molecule has 15 heteroatoms. The molecule has 0 amide bonds. The summed E-state index contributed by atoms with van der Waals surface area (Å²) in [6.07, 6.45) is -7.31. The van der Waals surface area contributed by atoms with Crippen LogP contribution in [0.15, 0.2) is 60.7 Å². The van der Waals surface area contributed by atoms with Crippen molar-refractivity contribution in [3.63, 3.8) is 0 Å². The first-order valence-corrected chi connectivity index (χ1v) is 16.1. The molecule has 280 valence electrons. The summed E-state index contributed by atoms with van der Waals surface area (Å²) in [6, 6.07) is 7.94. The van der Waals surface area contributed by atoms with E-state index in [0.717, 1.165) is 31.0 Å².